The van der Waals surface area contributed by atoms with Gasteiger partial charge in [0, 0.05) is 17.7 Å². The number of aliphatic carboxylic acids is 1. The van der Waals surface area contributed by atoms with Crippen molar-refractivity contribution >= 4 is 12.0 Å². The first-order chi connectivity index (χ1) is 8.69. The molecule has 92 valence electrons. The molecule has 0 unspecified atom stereocenters. The fraction of sp³-hybridized carbons (Fsp3) is 0.0769. The van der Waals surface area contributed by atoms with Crippen molar-refractivity contribution in [3.05, 3.63) is 42.2 Å². The molecule has 18 heavy (non-hydrogen) atoms. The number of methoxy groups -OCH3 is 1. The molecule has 0 amide bonds. The van der Waals surface area contributed by atoms with Crippen LogP contribution < -0.4 is 4.74 Å². The molecule has 0 aliphatic heterocycles. The smallest absolute Gasteiger partial charge is 0.328 e. The van der Waals surface area contributed by atoms with Crippen molar-refractivity contribution in [1.82, 2.24) is 5.16 Å². The van der Waals surface area contributed by atoms with Gasteiger partial charge in [-0.2, -0.15) is 0 Å². The molecular formula is C13H11NO4. The number of ether oxygens (including phenoxy) is 1. The Hall–Kier alpha value is -2.56. The third-order valence-electron chi connectivity index (χ3n) is 2.30. The zero-order chi connectivity index (χ0) is 13.0. The van der Waals surface area contributed by atoms with Crippen LogP contribution in [0.4, 0.5) is 0 Å². The molecule has 0 radical (unpaired) electrons. The lowest BCUT2D eigenvalue weighted by molar-refractivity contribution is -0.131. The predicted molar refractivity (Wildman–Crippen MR) is 65.2 cm³/mol. The number of benzene rings is 1. The van der Waals surface area contributed by atoms with Gasteiger partial charge in [0.15, 0.2) is 5.76 Å². The summed E-state index contributed by atoms with van der Waals surface area (Å²) < 4.78 is 10.0. The molecule has 0 atom stereocenters. The van der Waals surface area contributed by atoms with Crippen LogP contribution in [-0.2, 0) is 4.79 Å². The highest BCUT2D eigenvalue weighted by molar-refractivity contribution is 5.84. The van der Waals surface area contributed by atoms with Gasteiger partial charge < -0.3 is 14.4 Å². The van der Waals surface area contributed by atoms with Crippen LogP contribution in [0.2, 0.25) is 0 Å². The molecule has 0 aliphatic rings. The van der Waals surface area contributed by atoms with E-state index in [-0.39, 0.29) is 0 Å². The van der Waals surface area contributed by atoms with Crippen molar-refractivity contribution in [2.75, 3.05) is 7.11 Å². The average molecular weight is 245 g/mol. The molecule has 0 aliphatic carbocycles. The second-order valence-corrected chi connectivity index (χ2v) is 3.51. The minimum atomic E-state index is -1.03. The number of carboxylic acids is 1. The maximum absolute atomic E-state index is 10.4. The van der Waals surface area contributed by atoms with E-state index in [1.165, 1.54) is 6.08 Å². The van der Waals surface area contributed by atoms with E-state index in [1.807, 2.05) is 24.3 Å². The van der Waals surface area contributed by atoms with Crippen molar-refractivity contribution in [2.24, 2.45) is 0 Å². The molecular weight excluding hydrogens is 234 g/mol. The normalized spacial score (nSPS) is 10.7. The molecule has 0 saturated heterocycles. The summed E-state index contributed by atoms with van der Waals surface area (Å²) in [6, 6.07) is 9.00. The summed E-state index contributed by atoms with van der Waals surface area (Å²) >= 11 is 0. The molecule has 1 heterocycles. The highest BCUT2D eigenvalue weighted by atomic mass is 16.5. The average Bonchev–Trinajstić information content (AvgIpc) is 2.85. The monoisotopic (exact) mass is 245 g/mol. The first-order valence-corrected chi connectivity index (χ1v) is 5.21. The summed E-state index contributed by atoms with van der Waals surface area (Å²) in [5, 5.41) is 12.4. The Morgan fingerprint density at radius 2 is 2.11 bits per heavy atom. The lowest BCUT2D eigenvalue weighted by Crippen LogP contribution is -1.84. The molecule has 0 saturated carbocycles. The van der Waals surface area contributed by atoms with Gasteiger partial charge in [-0.15, -0.1) is 0 Å². The van der Waals surface area contributed by atoms with Crippen LogP contribution in [0, 0.1) is 0 Å². The van der Waals surface area contributed by atoms with Crippen LogP contribution in [0.25, 0.3) is 17.3 Å². The number of rotatable bonds is 4. The van der Waals surface area contributed by atoms with Crippen LogP contribution in [0.3, 0.4) is 0 Å². The molecule has 1 aromatic carbocycles. The van der Waals surface area contributed by atoms with E-state index in [1.54, 1.807) is 13.2 Å². The zero-order valence-corrected chi connectivity index (χ0v) is 9.66. The molecule has 0 spiro atoms. The van der Waals surface area contributed by atoms with Crippen LogP contribution >= 0.6 is 0 Å². The van der Waals surface area contributed by atoms with Gasteiger partial charge in [0.05, 0.1) is 7.11 Å². The third kappa shape index (κ3) is 2.76. The maximum Gasteiger partial charge on any atom is 0.328 e. The Balaban J connectivity index is 2.20. The van der Waals surface area contributed by atoms with Crippen molar-refractivity contribution < 1.29 is 19.2 Å². The van der Waals surface area contributed by atoms with Gasteiger partial charge >= 0.3 is 5.97 Å². The Kier molecular flexibility index (Phi) is 3.43. The molecule has 0 fully saturated rings. The Morgan fingerprint density at radius 3 is 2.72 bits per heavy atom. The Labute approximate surface area is 103 Å². The number of aromatic nitrogens is 1. The molecule has 0 bridgehead atoms. The first kappa shape index (κ1) is 11.9. The Bertz CT molecular complexity index is 569. The largest absolute Gasteiger partial charge is 0.497 e. The zero-order valence-electron chi connectivity index (χ0n) is 9.66. The molecule has 5 heteroatoms. The van der Waals surface area contributed by atoms with Gasteiger partial charge in [0.25, 0.3) is 0 Å². The van der Waals surface area contributed by atoms with Crippen molar-refractivity contribution in [3.63, 3.8) is 0 Å². The lowest BCUT2D eigenvalue weighted by Gasteiger charge is -1.99. The van der Waals surface area contributed by atoms with Gasteiger partial charge in [0.1, 0.15) is 11.4 Å². The van der Waals surface area contributed by atoms with E-state index in [0.717, 1.165) is 17.4 Å². The SMILES string of the molecule is COc1ccc(-c2cc(/C=C/C(=O)O)on2)cc1. The summed E-state index contributed by atoms with van der Waals surface area (Å²) in [6.45, 7) is 0. The van der Waals surface area contributed by atoms with Gasteiger partial charge in [-0.3, -0.25) is 0 Å². The summed E-state index contributed by atoms with van der Waals surface area (Å²) in [5.41, 5.74) is 1.51. The predicted octanol–water partition coefficient (Wildman–Crippen LogP) is 2.45. The number of hydrogen-bond donors (Lipinski definition) is 1. The fourth-order valence-electron chi connectivity index (χ4n) is 1.42. The molecule has 5 nitrogen and oxygen atoms in total. The minimum absolute atomic E-state index is 0.392. The number of nitrogens with zero attached hydrogens (tertiary/aromatic N) is 1. The van der Waals surface area contributed by atoms with Gasteiger partial charge in [-0.25, -0.2) is 4.79 Å². The highest BCUT2D eigenvalue weighted by Gasteiger charge is 2.05. The maximum atomic E-state index is 10.4. The van der Waals surface area contributed by atoms with Gasteiger partial charge in [0.2, 0.25) is 0 Å². The van der Waals surface area contributed by atoms with Crippen LogP contribution in [-0.4, -0.2) is 23.3 Å². The van der Waals surface area contributed by atoms with Crippen LogP contribution in [0.1, 0.15) is 5.76 Å². The number of carbonyl (C=O) groups is 1. The second kappa shape index (κ2) is 5.18. The summed E-state index contributed by atoms with van der Waals surface area (Å²) in [7, 11) is 1.60. The van der Waals surface area contributed by atoms with E-state index >= 15 is 0 Å². The van der Waals surface area contributed by atoms with Gasteiger partial charge in [-0.1, -0.05) is 5.16 Å². The quantitative estimate of drug-likeness (QED) is 0.837. The van der Waals surface area contributed by atoms with Crippen molar-refractivity contribution in [2.45, 2.75) is 0 Å². The summed E-state index contributed by atoms with van der Waals surface area (Å²) in [4.78, 5) is 10.4. The molecule has 2 rings (SSSR count). The van der Waals surface area contributed by atoms with E-state index < -0.39 is 5.97 Å². The minimum Gasteiger partial charge on any atom is -0.497 e. The first-order valence-electron chi connectivity index (χ1n) is 5.21. The van der Waals surface area contributed by atoms with E-state index in [4.69, 9.17) is 14.4 Å². The van der Waals surface area contributed by atoms with E-state index in [2.05, 4.69) is 5.16 Å². The topological polar surface area (TPSA) is 72.6 Å². The van der Waals surface area contributed by atoms with E-state index in [9.17, 15) is 4.79 Å². The van der Waals surface area contributed by atoms with Crippen LogP contribution in [0.15, 0.2) is 40.9 Å². The highest BCUT2D eigenvalue weighted by Crippen LogP contribution is 2.22. The summed E-state index contributed by atoms with van der Waals surface area (Å²) in [5.74, 6) is 0.119. The lowest BCUT2D eigenvalue weighted by atomic mass is 10.1. The number of carboxylic acid groups (broad SMARTS) is 1. The summed E-state index contributed by atoms with van der Waals surface area (Å²) in [6.07, 6.45) is 2.35. The second-order valence-electron chi connectivity index (χ2n) is 3.51. The standard InChI is InChI=1S/C13H11NO4/c1-17-10-4-2-9(3-5-10)12-8-11(18-14-12)6-7-13(15)16/h2-8H,1H3,(H,15,16)/b7-6+. The molecule has 2 aromatic rings. The molecule has 1 N–H and O–H groups in total. The van der Waals surface area contributed by atoms with Gasteiger partial charge in [-0.05, 0) is 30.3 Å². The van der Waals surface area contributed by atoms with E-state index in [0.29, 0.717) is 11.5 Å². The molecule has 1 aromatic heterocycles. The van der Waals surface area contributed by atoms with Crippen molar-refractivity contribution in [1.29, 1.82) is 0 Å². The Morgan fingerprint density at radius 1 is 1.39 bits per heavy atom. The third-order valence-corrected chi connectivity index (χ3v) is 2.30. The number of hydrogen-bond acceptors (Lipinski definition) is 4. The van der Waals surface area contributed by atoms with Crippen LogP contribution in [0.5, 0.6) is 5.75 Å². The fourth-order valence-corrected chi connectivity index (χ4v) is 1.42. The van der Waals surface area contributed by atoms with Crippen molar-refractivity contribution in [3.8, 4) is 17.0 Å².